The monoisotopic (exact) mass is 340 g/mol. The maximum Gasteiger partial charge on any atom is 0.278 e. The van der Waals surface area contributed by atoms with E-state index in [-0.39, 0.29) is 5.91 Å². The van der Waals surface area contributed by atoms with Crippen LogP contribution in [0.25, 0.3) is 0 Å². The smallest absolute Gasteiger partial charge is 0.278 e. The Bertz CT molecular complexity index is 784. The van der Waals surface area contributed by atoms with Crippen molar-refractivity contribution in [2.24, 2.45) is 0 Å². The number of benzene rings is 2. The zero-order valence-corrected chi connectivity index (χ0v) is 13.9. The van der Waals surface area contributed by atoms with E-state index in [9.17, 15) is 4.79 Å². The van der Waals surface area contributed by atoms with Crippen LogP contribution in [0.5, 0.6) is 16.7 Å². The molecule has 0 fully saturated rings. The third-order valence-electron chi connectivity index (χ3n) is 3.34. The van der Waals surface area contributed by atoms with Crippen LogP contribution < -0.4 is 14.8 Å². The Labute approximate surface area is 143 Å². The van der Waals surface area contributed by atoms with Gasteiger partial charge in [0.1, 0.15) is 11.5 Å². The molecule has 0 radical (unpaired) electrons. The predicted molar refractivity (Wildman–Crippen MR) is 92.8 cm³/mol. The highest BCUT2D eigenvalue weighted by Crippen LogP contribution is 2.23. The number of thiazole rings is 1. The van der Waals surface area contributed by atoms with E-state index in [1.54, 1.807) is 37.6 Å². The van der Waals surface area contributed by atoms with Crippen LogP contribution in [0, 0.1) is 0 Å². The van der Waals surface area contributed by atoms with Crippen molar-refractivity contribution in [1.29, 1.82) is 0 Å². The van der Waals surface area contributed by atoms with Gasteiger partial charge in [-0.15, -0.1) is 0 Å². The molecule has 0 saturated carbocycles. The third-order valence-corrected chi connectivity index (χ3v) is 3.99. The Morgan fingerprint density at radius 2 is 1.79 bits per heavy atom. The molecule has 1 heterocycles. The van der Waals surface area contributed by atoms with E-state index in [4.69, 9.17) is 9.47 Å². The van der Waals surface area contributed by atoms with Crippen LogP contribution >= 0.6 is 11.3 Å². The first-order valence-corrected chi connectivity index (χ1v) is 8.21. The van der Waals surface area contributed by atoms with Crippen molar-refractivity contribution >= 4 is 17.2 Å². The van der Waals surface area contributed by atoms with E-state index >= 15 is 0 Å². The zero-order chi connectivity index (χ0) is 16.8. The van der Waals surface area contributed by atoms with E-state index in [1.165, 1.54) is 11.3 Å². The Kier molecular flexibility index (Phi) is 5.08. The van der Waals surface area contributed by atoms with Gasteiger partial charge in [0.2, 0.25) is 0 Å². The van der Waals surface area contributed by atoms with Gasteiger partial charge in [-0.05, 0) is 42.0 Å². The zero-order valence-electron chi connectivity index (χ0n) is 13.1. The molecule has 1 N–H and O–H groups in total. The molecular weight excluding hydrogens is 324 g/mol. The van der Waals surface area contributed by atoms with Crippen molar-refractivity contribution in [1.82, 2.24) is 10.3 Å². The highest BCUT2D eigenvalue weighted by molar-refractivity contribution is 7.11. The Morgan fingerprint density at radius 1 is 1.08 bits per heavy atom. The SMILES string of the molecule is COc1ccc(CNC(=O)c2ccc(Oc3nccs3)cc2)cc1. The molecule has 6 heteroatoms. The first-order chi connectivity index (χ1) is 11.7. The molecule has 122 valence electrons. The summed E-state index contributed by atoms with van der Waals surface area (Å²) in [6, 6.07) is 14.5. The maximum absolute atomic E-state index is 12.2. The average molecular weight is 340 g/mol. The minimum absolute atomic E-state index is 0.133. The highest BCUT2D eigenvalue weighted by atomic mass is 32.1. The van der Waals surface area contributed by atoms with Gasteiger partial charge in [0.05, 0.1) is 7.11 Å². The largest absolute Gasteiger partial charge is 0.497 e. The lowest BCUT2D eigenvalue weighted by Crippen LogP contribution is -2.22. The first kappa shape index (κ1) is 16.0. The van der Waals surface area contributed by atoms with Crippen LogP contribution in [0.1, 0.15) is 15.9 Å². The normalized spacial score (nSPS) is 10.2. The summed E-state index contributed by atoms with van der Waals surface area (Å²) in [5.74, 6) is 1.31. The number of amides is 1. The fourth-order valence-corrected chi connectivity index (χ4v) is 2.57. The van der Waals surface area contributed by atoms with Crippen molar-refractivity contribution in [2.45, 2.75) is 6.54 Å². The van der Waals surface area contributed by atoms with E-state index < -0.39 is 0 Å². The van der Waals surface area contributed by atoms with Crippen molar-refractivity contribution in [3.63, 3.8) is 0 Å². The average Bonchev–Trinajstić information content (AvgIpc) is 3.14. The van der Waals surface area contributed by atoms with Crippen LogP contribution in [-0.2, 0) is 6.54 Å². The number of carbonyl (C=O) groups excluding carboxylic acids is 1. The van der Waals surface area contributed by atoms with Crippen LogP contribution in [-0.4, -0.2) is 18.0 Å². The van der Waals surface area contributed by atoms with Gasteiger partial charge in [-0.3, -0.25) is 4.79 Å². The molecule has 3 rings (SSSR count). The molecule has 0 saturated heterocycles. The van der Waals surface area contributed by atoms with E-state index in [1.807, 2.05) is 29.6 Å². The molecule has 0 aliphatic rings. The molecule has 24 heavy (non-hydrogen) atoms. The number of hydrogen-bond acceptors (Lipinski definition) is 5. The molecule has 1 amide bonds. The summed E-state index contributed by atoms with van der Waals surface area (Å²) in [5, 5.41) is 5.31. The van der Waals surface area contributed by atoms with Crippen LogP contribution in [0.4, 0.5) is 0 Å². The number of carbonyl (C=O) groups is 1. The first-order valence-electron chi connectivity index (χ1n) is 7.33. The van der Waals surface area contributed by atoms with Gasteiger partial charge in [0.25, 0.3) is 11.1 Å². The van der Waals surface area contributed by atoms with Gasteiger partial charge in [0.15, 0.2) is 0 Å². The van der Waals surface area contributed by atoms with Gasteiger partial charge in [-0.25, -0.2) is 4.98 Å². The minimum Gasteiger partial charge on any atom is -0.497 e. The second kappa shape index (κ2) is 7.61. The fourth-order valence-electron chi connectivity index (χ4n) is 2.06. The van der Waals surface area contributed by atoms with E-state index in [0.717, 1.165) is 11.3 Å². The quantitative estimate of drug-likeness (QED) is 0.740. The van der Waals surface area contributed by atoms with E-state index in [2.05, 4.69) is 10.3 Å². The van der Waals surface area contributed by atoms with Gasteiger partial charge in [-0.2, -0.15) is 0 Å². The molecule has 0 bridgehead atoms. The number of aromatic nitrogens is 1. The van der Waals surface area contributed by atoms with Gasteiger partial charge < -0.3 is 14.8 Å². The third kappa shape index (κ3) is 4.11. The molecule has 5 nitrogen and oxygen atoms in total. The number of ether oxygens (including phenoxy) is 2. The summed E-state index contributed by atoms with van der Waals surface area (Å²) in [6.45, 7) is 0.459. The summed E-state index contributed by atoms with van der Waals surface area (Å²) in [4.78, 5) is 16.2. The Balaban J connectivity index is 1.56. The lowest BCUT2D eigenvalue weighted by Gasteiger charge is -2.07. The second-order valence-corrected chi connectivity index (χ2v) is 5.81. The second-order valence-electron chi connectivity index (χ2n) is 4.96. The van der Waals surface area contributed by atoms with Crippen LogP contribution in [0.3, 0.4) is 0 Å². The van der Waals surface area contributed by atoms with Gasteiger partial charge in [-0.1, -0.05) is 23.5 Å². The lowest BCUT2D eigenvalue weighted by atomic mass is 10.2. The maximum atomic E-state index is 12.2. The van der Waals surface area contributed by atoms with Crippen molar-refractivity contribution in [2.75, 3.05) is 7.11 Å². The molecule has 0 unspecified atom stereocenters. The number of nitrogens with zero attached hydrogens (tertiary/aromatic N) is 1. The van der Waals surface area contributed by atoms with Crippen LogP contribution in [0.2, 0.25) is 0 Å². The molecule has 0 spiro atoms. The van der Waals surface area contributed by atoms with Crippen molar-refractivity contribution < 1.29 is 14.3 Å². The molecule has 0 aliphatic heterocycles. The standard InChI is InChI=1S/C18H16N2O3S/c1-22-15-6-2-13(3-7-15)12-20-17(21)14-4-8-16(9-5-14)23-18-19-10-11-24-18/h2-11H,12H2,1H3,(H,20,21). The van der Waals surface area contributed by atoms with Gasteiger partial charge >= 0.3 is 0 Å². The van der Waals surface area contributed by atoms with Crippen LogP contribution in [0.15, 0.2) is 60.1 Å². The summed E-state index contributed by atoms with van der Waals surface area (Å²) in [6.07, 6.45) is 1.68. The van der Waals surface area contributed by atoms with Crippen molar-refractivity contribution in [3.8, 4) is 16.7 Å². The topological polar surface area (TPSA) is 60.5 Å². The number of methoxy groups -OCH3 is 1. The lowest BCUT2D eigenvalue weighted by molar-refractivity contribution is 0.0951. The van der Waals surface area contributed by atoms with Gasteiger partial charge in [0, 0.05) is 23.7 Å². The highest BCUT2D eigenvalue weighted by Gasteiger charge is 2.06. The van der Waals surface area contributed by atoms with Crippen molar-refractivity contribution in [3.05, 3.63) is 71.2 Å². The number of nitrogens with one attached hydrogen (secondary N) is 1. The minimum atomic E-state index is -0.133. The number of rotatable bonds is 6. The molecule has 3 aromatic rings. The summed E-state index contributed by atoms with van der Waals surface area (Å²) in [5.41, 5.74) is 1.59. The molecule has 1 aromatic heterocycles. The molecular formula is C18H16N2O3S. The molecule has 0 atom stereocenters. The summed E-state index contributed by atoms with van der Waals surface area (Å²) >= 11 is 1.42. The number of hydrogen-bond donors (Lipinski definition) is 1. The van der Waals surface area contributed by atoms with E-state index in [0.29, 0.717) is 23.1 Å². The Morgan fingerprint density at radius 3 is 2.42 bits per heavy atom. The fraction of sp³-hybridized carbons (Fsp3) is 0.111. The molecule has 0 aliphatic carbocycles. The predicted octanol–water partition coefficient (Wildman–Crippen LogP) is 3.87. The molecule has 2 aromatic carbocycles. The Hall–Kier alpha value is -2.86. The summed E-state index contributed by atoms with van der Waals surface area (Å²) in [7, 11) is 1.62. The summed E-state index contributed by atoms with van der Waals surface area (Å²) < 4.78 is 10.7.